The summed E-state index contributed by atoms with van der Waals surface area (Å²) in [6.45, 7) is 4.79. The van der Waals surface area contributed by atoms with Gasteiger partial charge in [0.15, 0.2) is 0 Å². The maximum absolute atomic E-state index is 12.9. The van der Waals surface area contributed by atoms with Gasteiger partial charge >= 0.3 is 11.9 Å². The number of alkyl halides is 1. The van der Waals surface area contributed by atoms with Crippen LogP contribution in [0.15, 0.2) is 59.7 Å². The van der Waals surface area contributed by atoms with Gasteiger partial charge in [0.2, 0.25) is 5.06 Å². The number of methoxy groups -OCH3 is 1. The van der Waals surface area contributed by atoms with Crippen molar-refractivity contribution in [2.75, 3.05) is 13.7 Å². The van der Waals surface area contributed by atoms with Gasteiger partial charge in [-0.3, -0.25) is 9.59 Å². The second-order valence-electron chi connectivity index (χ2n) is 9.30. The van der Waals surface area contributed by atoms with Crippen molar-refractivity contribution < 1.29 is 28.6 Å². The number of hydrogen-bond acceptors (Lipinski definition) is 7. The van der Waals surface area contributed by atoms with Crippen LogP contribution in [-0.4, -0.2) is 54.8 Å². The zero-order chi connectivity index (χ0) is 27.9. The van der Waals surface area contributed by atoms with Crippen molar-refractivity contribution in [3.05, 3.63) is 70.6 Å². The molecule has 0 bridgehead atoms. The first kappa shape index (κ1) is 29.0. The fraction of sp³-hybridized carbons (Fsp3) is 0.444. The minimum atomic E-state index is -1.87. The largest absolute Gasteiger partial charge is 0.466 e. The first-order chi connectivity index (χ1) is 18.1. The van der Waals surface area contributed by atoms with E-state index in [2.05, 4.69) is 15.3 Å². The number of nitrogens with one attached hydrogen (secondary N) is 1. The zero-order valence-corrected chi connectivity index (χ0v) is 22.4. The standard InChI is InChI=1S/C27H31ClN4O6/c1-16-22(31-32-29)14-27(28,26(35)36-4)38-24(16)17(2)23(37-18(3)33)15-30-25(34)21-12-10-20(11-13-21)19-8-6-5-7-9-19/h5-13,16-17,22-24H,14-15H2,1-4H3,(H,30,34)/t16-,17-,22-,23-,24?,27+/m1/s1. The molecular formula is C27H31ClN4O6. The molecule has 1 unspecified atom stereocenters. The normalized spacial score (nSPS) is 24.3. The molecule has 1 amide bonds. The zero-order valence-electron chi connectivity index (χ0n) is 21.7. The first-order valence-electron chi connectivity index (χ1n) is 12.2. The van der Waals surface area contributed by atoms with E-state index in [1.54, 1.807) is 26.0 Å². The fourth-order valence-electron chi connectivity index (χ4n) is 4.63. The third-order valence-electron chi connectivity index (χ3n) is 6.75. The second kappa shape index (κ2) is 12.8. The Kier molecular flexibility index (Phi) is 9.74. The van der Waals surface area contributed by atoms with Crippen molar-refractivity contribution >= 4 is 29.4 Å². The molecule has 1 aliphatic heterocycles. The van der Waals surface area contributed by atoms with E-state index in [1.807, 2.05) is 42.5 Å². The first-order valence-corrected chi connectivity index (χ1v) is 12.6. The summed E-state index contributed by atoms with van der Waals surface area (Å²) in [5, 5.41) is 4.74. The third-order valence-corrected chi connectivity index (χ3v) is 7.15. The number of rotatable bonds is 9. The molecular weight excluding hydrogens is 512 g/mol. The summed E-state index contributed by atoms with van der Waals surface area (Å²) in [6.07, 6.45) is -1.66. The van der Waals surface area contributed by atoms with Gasteiger partial charge in [0.25, 0.3) is 5.91 Å². The van der Waals surface area contributed by atoms with Crippen LogP contribution in [0.25, 0.3) is 21.6 Å². The molecule has 202 valence electrons. The van der Waals surface area contributed by atoms with Crippen LogP contribution in [0.2, 0.25) is 0 Å². The minimum absolute atomic E-state index is 0.0215. The van der Waals surface area contributed by atoms with Crippen LogP contribution >= 0.6 is 11.6 Å². The number of halogens is 1. The van der Waals surface area contributed by atoms with E-state index in [1.165, 1.54) is 14.0 Å². The Morgan fingerprint density at radius 1 is 1.18 bits per heavy atom. The van der Waals surface area contributed by atoms with Crippen LogP contribution in [0.5, 0.6) is 0 Å². The highest BCUT2D eigenvalue weighted by Gasteiger charge is 2.52. The molecule has 0 aliphatic carbocycles. The number of amides is 1. The van der Waals surface area contributed by atoms with Gasteiger partial charge in [0.05, 0.1) is 19.8 Å². The summed E-state index contributed by atoms with van der Waals surface area (Å²) >= 11 is 6.48. The fourth-order valence-corrected chi connectivity index (χ4v) is 4.97. The van der Waals surface area contributed by atoms with Crippen molar-refractivity contribution in [1.82, 2.24) is 5.32 Å². The number of nitrogens with zero attached hydrogens (tertiary/aromatic N) is 3. The molecule has 10 nitrogen and oxygen atoms in total. The lowest BCUT2D eigenvalue weighted by Crippen LogP contribution is -2.56. The van der Waals surface area contributed by atoms with E-state index in [-0.39, 0.29) is 24.8 Å². The van der Waals surface area contributed by atoms with Gasteiger partial charge in [0.1, 0.15) is 6.10 Å². The number of hydrogen-bond donors (Lipinski definition) is 1. The Morgan fingerprint density at radius 3 is 2.39 bits per heavy atom. The van der Waals surface area contributed by atoms with Crippen LogP contribution in [0.4, 0.5) is 0 Å². The van der Waals surface area contributed by atoms with Gasteiger partial charge in [-0.1, -0.05) is 73.0 Å². The Labute approximate surface area is 226 Å². The second-order valence-corrected chi connectivity index (χ2v) is 9.91. The van der Waals surface area contributed by atoms with E-state index in [0.717, 1.165) is 11.1 Å². The van der Waals surface area contributed by atoms with Gasteiger partial charge in [-0.05, 0) is 34.7 Å². The average Bonchev–Trinajstić information content (AvgIpc) is 2.92. The monoisotopic (exact) mass is 542 g/mol. The van der Waals surface area contributed by atoms with Crippen molar-refractivity contribution in [3.63, 3.8) is 0 Å². The van der Waals surface area contributed by atoms with Crippen molar-refractivity contribution in [2.45, 2.75) is 50.5 Å². The van der Waals surface area contributed by atoms with Gasteiger partial charge in [-0.2, -0.15) is 0 Å². The smallest absolute Gasteiger partial charge is 0.354 e. The molecule has 11 heteroatoms. The summed E-state index contributed by atoms with van der Waals surface area (Å²) in [6, 6.07) is 16.3. The molecule has 6 atom stereocenters. The quantitative estimate of drug-likeness (QED) is 0.158. The predicted octanol–water partition coefficient (Wildman–Crippen LogP) is 4.86. The number of esters is 2. The molecule has 0 aromatic heterocycles. The maximum atomic E-state index is 12.9. The SMILES string of the molecule is COC(=O)[C@]1(Cl)C[C@@H](N=[N+]=[N-])[C@@H](C)C([C@H](C)[C@@H](CNC(=O)c2ccc(-c3ccccc3)cc2)OC(C)=O)O1. The Balaban J connectivity index is 1.76. The van der Waals surface area contributed by atoms with Crippen LogP contribution in [-0.2, 0) is 23.8 Å². The lowest BCUT2D eigenvalue weighted by Gasteiger charge is -2.45. The molecule has 1 fully saturated rings. The van der Waals surface area contributed by atoms with E-state index in [9.17, 15) is 14.4 Å². The highest BCUT2D eigenvalue weighted by Crippen LogP contribution is 2.41. The van der Waals surface area contributed by atoms with Crippen LogP contribution in [0.3, 0.4) is 0 Å². The number of benzene rings is 2. The van der Waals surface area contributed by atoms with E-state index >= 15 is 0 Å². The third kappa shape index (κ3) is 6.83. The average molecular weight is 543 g/mol. The molecule has 1 aliphatic rings. The Morgan fingerprint density at radius 2 is 1.82 bits per heavy atom. The van der Waals surface area contributed by atoms with Gasteiger partial charge in [-0.15, -0.1) is 0 Å². The molecule has 0 radical (unpaired) electrons. The van der Waals surface area contributed by atoms with Gasteiger partial charge < -0.3 is 19.5 Å². The summed E-state index contributed by atoms with van der Waals surface area (Å²) in [5.41, 5.74) is 11.5. The lowest BCUT2D eigenvalue weighted by molar-refractivity contribution is -0.190. The highest BCUT2D eigenvalue weighted by molar-refractivity contribution is 6.32. The molecule has 3 rings (SSSR count). The van der Waals surface area contributed by atoms with E-state index < -0.39 is 41.2 Å². The molecule has 1 saturated heterocycles. The van der Waals surface area contributed by atoms with Crippen molar-refractivity contribution in [1.29, 1.82) is 0 Å². The number of carbonyl (C=O) groups excluding carboxylic acids is 3. The van der Waals surface area contributed by atoms with Crippen LogP contribution in [0.1, 0.15) is 37.6 Å². The maximum Gasteiger partial charge on any atom is 0.354 e. The summed E-state index contributed by atoms with van der Waals surface area (Å²) in [7, 11) is 1.18. The molecule has 2 aromatic rings. The Bertz CT molecular complexity index is 1190. The predicted molar refractivity (Wildman–Crippen MR) is 141 cm³/mol. The Hall–Kier alpha value is -3.59. The number of ether oxygens (including phenoxy) is 3. The summed E-state index contributed by atoms with van der Waals surface area (Å²) in [4.78, 5) is 40.1. The molecule has 2 aromatic carbocycles. The number of azide groups is 1. The molecule has 0 spiro atoms. The highest BCUT2D eigenvalue weighted by atomic mass is 35.5. The van der Waals surface area contributed by atoms with Crippen molar-refractivity contribution in [2.24, 2.45) is 17.0 Å². The van der Waals surface area contributed by atoms with E-state index in [4.69, 9.17) is 31.3 Å². The summed E-state index contributed by atoms with van der Waals surface area (Å²) in [5.74, 6) is -2.65. The summed E-state index contributed by atoms with van der Waals surface area (Å²) < 4.78 is 16.3. The van der Waals surface area contributed by atoms with Crippen LogP contribution < -0.4 is 5.32 Å². The lowest BCUT2D eigenvalue weighted by atomic mass is 9.80. The topological polar surface area (TPSA) is 140 Å². The van der Waals surface area contributed by atoms with E-state index in [0.29, 0.717) is 5.56 Å². The molecule has 1 heterocycles. The minimum Gasteiger partial charge on any atom is -0.466 e. The van der Waals surface area contributed by atoms with Gasteiger partial charge in [-0.25, -0.2) is 4.79 Å². The van der Waals surface area contributed by atoms with Crippen molar-refractivity contribution in [3.8, 4) is 11.1 Å². The van der Waals surface area contributed by atoms with Crippen LogP contribution in [0, 0.1) is 11.8 Å². The van der Waals surface area contributed by atoms with Gasteiger partial charge in [0, 0.05) is 35.8 Å². The number of carbonyl (C=O) groups is 3. The molecule has 1 N–H and O–H groups in total. The molecule has 38 heavy (non-hydrogen) atoms. The molecule has 0 saturated carbocycles.